The Balaban J connectivity index is 1.63. The molecule has 0 bridgehead atoms. The summed E-state index contributed by atoms with van der Waals surface area (Å²) in [5.41, 5.74) is 1.13. The van der Waals surface area contributed by atoms with E-state index < -0.39 is 30.5 Å². The van der Waals surface area contributed by atoms with E-state index in [2.05, 4.69) is 22.5 Å². The second-order valence-electron chi connectivity index (χ2n) is 8.89. The highest BCUT2D eigenvalue weighted by Crippen LogP contribution is 2.43. The van der Waals surface area contributed by atoms with Crippen LogP contribution in [0.5, 0.6) is 0 Å². The molecule has 4 N–H and O–H groups in total. The fourth-order valence-corrected chi connectivity index (χ4v) is 3.78. The monoisotopic (exact) mass is 443 g/mol. The van der Waals surface area contributed by atoms with Gasteiger partial charge in [-0.3, -0.25) is 14.9 Å². The Morgan fingerprint density at radius 3 is 2.72 bits per heavy atom. The van der Waals surface area contributed by atoms with Crippen LogP contribution in [0, 0.1) is 11.8 Å². The van der Waals surface area contributed by atoms with Gasteiger partial charge in [-0.05, 0) is 39.7 Å². The quantitative estimate of drug-likeness (QED) is 0.315. The van der Waals surface area contributed by atoms with E-state index in [1.807, 2.05) is 20.8 Å². The summed E-state index contributed by atoms with van der Waals surface area (Å²) in [5, 5.41) is 26.6. The van der Waals surface area contributed by atoms with E-state index in [9.17, 15) is 24.6 Å². The molecule has 3 amide bonds. The SMILES string of the molecule is CC(C)(C)NC(=O)OCCCC#Cc1cccc2c1C(O)N(C1CCC(=O)NC1=O)C2O. The van der Waals surface area contributed by atoms with Crippen LogP contribution < -0.4 is 10.6 Å². The molecule has 2 heterocycles. The lowest BCUT2D eigenvalue weighted by Crippen LogP contribution is -2.52. The van der Waals surface area contributed by atoms with Crippen LogP contribution >= 0.6 is 0 Å². The fourth-order valence-electron chi connectivity index (χ4n) is 3.78. The predicted octanol–water partition coefficient (Wildman–Crippen LogP) is 1.45. The zero-order valence-corrected chi connectivity index (χ0v) is 18.5. The van der Waals surface area contributed by atoms with Crippen LogP contribution in [-0.2, 0) is 14.3 Å². The van der Waals surface area contributed by atoms with Gasteiger partial charge in [-0.2, -0.15) is 0 Å². The van der Waals surface area contributed by atoms with Gasteiger partial charge in [-0.15, -0.1) is 0 Å². The summed E-state index contributed by atoms with van der Waals surface area (Å²) < 4.78 is 5.11. The molecule has 0 aliphatic carbocycles. The lowest BCUT2D eigenvalue weighted by molar-refractivity contribution is -0.154. The summed E-state index contributed by atoms with van der Waals surface area (Å²) in [4.78, 5) is 36.6. The number of fused-ring (bicyclic) bond motifs is 1. The number of ether oxygens (including phenoxy) is 1. The first kappa shape index (κ1) is 23.7. The molecule has 3 unspecified atom stereocenters. The summed E-state index contributed by atoms with van der Waals surface area (Å²) in [6.07, 6.45) is -1.49. The minimum atomic E-state index is -1.22. The van der Waals surface area contributed by atoms with E-state index in [4.69, 9.17) is 4.74 Å². The number of hydrogen-bond acceptors (Lipinski definition) is 7. The van der Waals surface area contributed by atoms with Crippen LogP contribution in [-0.4, -0.2) is 51.2 Å². The van der Waals surface area contributed by atoms with E-state index in [0.717, 1.165) is 0 Å². The van der Waals surface area contributed by atoms with Gasteiger partial charge < -0.3 is 20.3 Å². The largest absolute Gasteiger partial charge is 0.450 e. The van der Waals surface area contributed by atoms with Crippen LogP contribution in [0.1, 0.15) is 75.6 Å². The zero-order chi connectivity index (χ0) is 23.5. The Labute approximate surface area is 187 Å². The maximum Gasteiger partial charge on any atom is 0.407 e. The Morgan fingerprint density at radius 1 is 1.28 bits per heavy atom. The number of unbranched alkanes of at least 4 members (excludes halogenated alkanes) is 1. The number of imide groups is 1. The molecule has 0 saturated carbocycles. The third kappa shape index (κ3) is 5.46. The Hall–Kier alpha value is -2.93. The van der Waals surface area contributed by atoms with Crippen molar-refractivity contribution in [3.05, 3.63) is 34.9 Å². The standard InChI is InChI=1S/C23H29N3O6/c1-23(2,3)25-22(31)32-13-6-4-5-8-14-9-7-10-15-18(14)21(30)26(20(15)29)16-11-12-17(27)24-19(16)28/h7,9-10,16,20-21,29-30H,4,6,11-13H2,1-3H3,(H,25,31)(H,24,27,28). The lowest BCUT2D eigenvalue weighted by Gasteiger charge is -2.34. The van der Waals surface area contributed by atoms with Crippen molar-refractivity contribution in [3.8, 4) is 11.8 Å². The van der Waals surface area contributed by atoms with E-state index in [0.29, 0.717) is 29.5 Å². The molecule has 1 saturated heterocycles. The molecule has 172 valence electrons. The highest BCUT2D eigenvalue weighted by molar-refractivity contribution is 6.00. The molecule has 32 heavy (non-hydrogen) atoms. The molecule has 3 rings (SSSR count). The van der Waals surface area contributed by atoms with Crippen molar-refractivity contribution in [2.45, 2.75) is 70.5 Å². The van der Waals surface area contributed by atoms with Crippen molar-refractivity contribution in [1.82, 2.24) is 15.5 Å². The molecule has 3 atom stereocenters. The highest BCUT2D eigenvalue weighted by atomic mass is 16.5. The van der Waals surface area contributed by atoms with Crippen LogP contribution in [0.25, 0.3) is 0 Å². The van der Waals surface area contributed by atoms with E-state index in [-0.39, 0.29) is 30.9 Å². The first-order valence-electron chi connectivity index (χ1n) is 10.6. The number of benzene rings is 1. The number of alkyl carbamates (subject to hydrolysis) is 1. The van der Waals surface area contributed by atoms with Crippen molar-refractivity contribution in [2.24, 2.45) is 0 Å². The number of nitrogens with one attached hydrogen (secondary N) is 2. The van der Waals surface area contributed by atoms with Crippen LogP contribution in [0.2, 0.25) is 0 Å². The average molecular weight is 444 g/mol. The number of aliphatic hydroxyl groups excluding tert-OH is 2. The van der Waals surface area contributed by atoms with E-state index >= 15 is 0 Å². The maximum absolute atomic E-state index is 12.3. The van der Waals surface area contributed by atoms with E-state index in [1.54, 1.807) is 18.2 Å². The second-order valence-corrected chi connectivity index (χ2v) is 8.89. The molecule has 0 spiro atoms. The van der Waals surface area contributed by atoms with Crippen molar-refractivity contribution < 1.29 is 29.3 Å². The molecule has 2 aliphatic rings. The number of piperidine rings is 1. The molecule has 1 aromatic rings. The minimum Gasteiger partial charge on any atom is -0.450 e. The van der Waals surface area contributed by atoms with Crippen LogP contribution in [0.15, 0.2) is 18.2 Å². The van der Waals surface area contributed by atoms with Crippen molar-refractivity contribution >= 4 is 17.9 Å². The first-order chi connectivity index (χ1) is 15.1. The summed E-state index contributed by atoms with van der Waals surface area (Å²) in [6, 6.07) is 4.33. The Morgan fingerprint density at radius 2 is 2.03 bits per heavy atom. The lowest BCUT2D eigenvalue weighted by atomic mass is 10.0. The Bertz CT molecular complexity index is 959. The van der Waals surface area contributed by atoms with Gasteiger partial charge in [-0.25, -0.2) is 9.69 Å². The minimum absolute atomic E-state index is 0.144. The van der Waals surface area contributed by atoms with Crippen molar-refractivity contribution in [2.75, 3.05) is 6.61 Å². The highest BCUT2D eigenvalue weighted by Gasteiger charge is 2.45. The van der Waals surface area contributed by atoms with Gasteiger partial charge >= 0.3 is 6.09 Å². The smallest absolute Gasteiger partial charge is 0.407 e. The van der Waals surface area contributed by atoms with Gasteiger partial charge in [0.25, 0.3) is 0 Å². The summed E-state index contributed by atoms with van der Waals surface area (Å²) >= 11 is 0. The summed E-state index contributed by atoms with van der Waals surface area (Å²) in [5.74, 6) is 5.11. The molecule has 9 nitrogen and oxygen atoms in total. The average Bonchev–Trinajstić information content (AvgIpc) is 2.95. The summed E-state index contributed by atoms with van der Waals surface area (Å²) in [6.45, 7) is 5.83. The summed E-state index contributed by atoms with van der Waals surface area (Å²) in [7, 11) is 0. The van der Waals surface area contributed by atoms with Gasteiger partial charge in [0.05, 0.1) is 12.6 Å². The van der Waals surface area contributed by atoms with Crippen LogP contribution in [0.3, 0.4) is 0 Å². The molecular weight excluding hydrogens is 414 g/mol. The number of hydrogen-bond donors (Lipinski definition) is 4. The number of rotatable bonds is 4. The molecule has 0 radical (unpaired) electrons. The van der Waals surface area contributed by atoms with Crippen molar-refractivity contribution in [3.63, 3.8) is 0 Å². The Kier molecular flexibility index (Phi) is 7.19. The first-order valence-corrected chi connectivity index (χ1v) is 10.6. The van der Waals surface area contributed by atoms with Gasteiger partial charge in [0, 0.05) is 35.1 Å². The normalized spacial score (nSPS) is 23.1. The molecule has 0 aromatic heterocycles. The predicted molar refractivity (Wildman–Crippen MR) is 115 cm³/mol. The molecule has 9 heteroatoms. The molecule has 1 fully saturated rings. The third-order valence-corrected chi connectivity index (χ3v) is 5.19. The van der Waals surface area contributed by atoms with Crippen LogP contribution in [0.4, 0.5) is 4.79 Å². The fraction of sp³-hybridized carbons (Fsp3) is 0.522. The van der Waals surface area contributed by atoms with Gasteiger partial charge in [0.1, 0.15) is 12.5 Å². The number of nitrogens with zero attached hydrogens (tertiary/aromatic N) is 1. The van der Waals surface area contributed by atoms with E-state index in [1.165, 1.54) is 4.90 Å². The molecule has 1 aromatic carbocycles. The number of amides is 3. The second kappa shape index (κ2) is 9.69. The van der Waals surface area contributed by atoms with Gasteiger partial charge in [0.2, 0.25) is 11.8 Å². The topological polar surface area (TPSA) is 128 Å². The third-order valence-electron chi connectivity index (χ3n) is 5.19. The van der Waals surface area contributed by atoms with Crippen molar-refractivity contribution in [1.29, 1.82) is 0 Å². The van der Waals surface area contributed by atoms with Gasteiger partial charge in [-0.1, -0.05) is 24.0 Å². The maximum atomic E-state index is 12.3. The zero-order valence-electron chi connectivity index (χ0n) is 18.5. The number of aliphatic hydroxyl groups is 2. The molecule has 2 aliphatic heterocycles. The number of carbonyl (C=O) groups is 3. The number of carbonyl (C=O) groups excluding carboxylic acids is 3. The van der Waals surface area contributed by atoms with Gasteiger partial charge in [0.15, 0.2) is 0 Å². The molecular formula is C23H29N3O6.